The SMILES string of the molecule is COc1cc(/C=C/C(=O)c2ccccc2[N+](=O)[O-])ccc1OP(=O)([O-])Oc1ccc(/C=C/C(=O)c2ccccc2[N+](=O)[O-])cc1OC.[Na+]. The molecule has 0 amide bonds. The molecule has 0 saturated carbocycles. The molecule has 0 unspecified atom stereocenters. The van der Waals surface area contributed by atoms with E-state index in [1.807, 2.05) is 0 Å². The van der Waals surface area contributed by atoms with E-state index in [1.165, 1.54) is 111 Å². The minimum atomic E-state index is -5.10. The number of benzene rings is 4. The fourth-order valence-electron chi connectivity index (χ4n) is 4.19. The number of phosphoric ester groups is 1. The van der Waals surface area contributed by atoms with Gasteiger partial charge in [0, 0.05) is 12.1 Å². The number of hydrogen-bond acceptors (Lipinski definition) is 12. The van der Waals surface area contributed by atoms with Crippen LogP contribution >= 0.6 is 7.82 Å². The standard InChI is InChI=1S/C32H25N2O12P.Na/c1-43-31-19-21(11-15-27(35)23-7-3-5-9-25(23)33(37)38)13-17-29(31)45-47(41,42)46-30-18-14-22(20-32(30)44-2)12-16-28(36)24-8-4-6-10-26(24)34(39)40;/h3-20H,1-2H3,(H,41,42);/q;+1/p-1/b15-11+,16-12+;. The molecule has 0 aliphatic rings. The average Bonchev–Trinajstić information content (AvgIpc) is 3.06. The summed E-state index contributed by atoms with van der Waals surface area (Å²) in [6, 6.07) is 19.1. The molecule has 4 rings (SSSR count). The second-order valence-electron chi connectivity index (χ2n) is 9.39. The number of rotatable bonds is 14. The zero-order valence-electron chi connectivity index (χ0n) is 25.6. The van der Waals surface area contributed by atoms with Gasteiger partial charge < -0.3 is 23.4 Å². The van der Waals surface area contributed by atoms with Gasteiger partial charge in [-0.15, -0.1) is 0 Å². The Kier molecular flexibility index (Phi) is 12.9. The average molecular weight is 683 g/mol. The number of ketones is 2. The molecule has 0 fully saturated rings. The summed E-state index contributed by atoms with van der Waals surface area (Å²) in [7, 11) is -2.57. The topological polar surface area (TPSA) is 197 Å². The smallest absolute Gasteiger partial charge is 0.736 e. The molecule has 4 aromatic carbocycles. The Morgan fingerprint density at radius 2 is 1.02 bits per heavy atom. The van der Waals surface area contributed by atoms with Gasteiger partial charge in [-0.05, 0) is 59.7 Å². The van der Waals surface area contributed by atoms with Gasteiger partial charge in [-0.25, -0.2) is 4.57 Å². The van der Waals surface area contributed by atoms with Gasteiger partial charge in [-0.2, -0.15) is 0 Å². The van der Waals surface area contributed by atoms with Crippen LogP contribution in [0.15, 0.2) is 97.1 Å². The number of methoxy groups -OCH3 is 2. The summed E-state index contributed by atoms with van der Waals surface area (Å²) >= 11 is 0. The number of carbonyl (C=O) groups excluding carboxylic acids is 2. The molecule has 0 bridgehead atoms. The minimum absolute atomic E-state index is 0. The summed E-state index contributed by atoms with van der Waals surface area (Å²) in [6.45, 7) is 0. The Balaban J connectivity index is 0.00000625. The zero-order chi connectivity index (χ0) is 34.1. The zero-order valence-corrected chi connectivity index (χ0v) is 28.5. The normalized spacial score (nSPS) is 11.1. The number of ether oxygens (including phenoxy) is 2. The molecule has 240 valence electrons. The van der Waals surface area contributed by atoms with E-state index in [2.05, 4.69) is 0 Å². The molecule has 0 saturated heterocycles. The van der Waals surface area contributed by atoms with Crippen molar-refractivity contribution in [2.75, 3.05) is 14.2 Å². The van der Waals surface area contributed by atoms with E-state index in [-0.39, 0.29) is 75.1 Å². The van der Waals surface area contributed by atoms with E-state index < -0.39 is 29.2 Å². The molecule has 14 nitrogen and oxygen atoms in total. The molecule has 0 aliphatic heterocycles. The van der Waals surface area contributed by atoms with Crippen molar-refractivity contribution in [1.29, 1.82) is 0 Å². The first-order valence-corrected chi connectivity index (χ1v) is 14.9. The molecular weight excluding hydrogens is 658 g/mol. The Morgan fingerprint density at radius 3 is 1.38 bits per heavy atom. The Labute approximate surface area is 295 Å². The maximum Gasteiger partial charge on any atom is 1.00 e. The molecule has 48 heavy (non-hydrogen) atoms. The van der Waals surface area contributed by atoms with Gasteiger partial charge in [0.05, 0.1) is 35.2 Å². The summed E-state index contributed by atoms with van der Waals surface area (Å²) in [5, 5.41) is 22.4. The predicted molar refractivity (Wildman–Crippen MR) is 168 cm³/mol. The fourth-order valence-corrected chi connectivity index (χ4v) is 5.01. The van der Waals surface area contributed by atoms with Crippen molar-refractivity contribution >= 4 is 42.9 Å². The van der Waals surface area contributed by atoms with Crippen LogP contribution in [0.1, 0.15) is 31.8 Å². The van der Waals surface area contributed by atoms with Crippen molar-refractivity contribution in [2.45, 2.75) is 0 Å². The number of phosphoric acid groups is 1. The summed E-state index contributed by atoms with van der Waals surface area (Å²) in [6.07, 6.45) is 5.00. The molecule has 4 aromatic rings. The number of para-hydroxylation sites is 2. The van der Waals surface area contributed by atoms with E-state index in [9.17, 15) is 39.3 Å². The molecule has 16 heteroatoms. The van der Waals surface area contributed by atoms with E-state index >= 15 is 0 Å². The van der Waals surface area contributed by atoms with E-state index in [0.29, 0.717) is 11.1 Å². The van der Waals surface area contributed by atoms with Crippen LogP contribution in [0.4, 0.5) is 11.4 Å². The van der Waals surface area contributed by atoms with Gasteiger partial charge in [0.25, 0.3) is 11.4 Å². The maximum atomic E-state index is 12.8. The van der Waals surface area contributed by atoms with Crippen molar-refractivity contribution in [3.8, 4) is 23.0 Å². The maximum absolute atomic E-state index is 12.8. The molecule has 0 N–H and O–H groups in total. The molecule has 0 aliphatic carbocycles. The second kappa shape index (κ2) is 16.6. The van der Waals surface area contributed by atoms with Crippen LogP contribution < -0.4 is 53.0 Å². The molecule has 0 aromatic heterocycles. The van der Waals surface area contributed by atoms with Gasteiger partial charge in [0.2, 0.25) is 0 Å². The van der Waals surface area contributed by atoms with Gasteiger partial charge in [-0.1, -0.05) is 48.6 Å². The van der Waals surface area contributed by atoms with Crippen LogP contribution in [-0.4, -0.2) is 35.6 Å². The molecule has 0 atom stereocenters. The first-order valence-electron chi connectivity index (χ1n) is 13.4. The number of nitro benzene ring substituents is 2. The van der Waals surface area contributed by atoms with Crippen LogP contribution in [-0.2, 0) is 4.57 Å². The monoisotopic (exact) mass is 682 g/mol. The second-order valence-corrected chi connectivity index (χ2v) is 10.7. The van der Waals surface area contributed by atoms with Crippen LogP contribution in [0.25, 0.3) is 12.2 Å². The summed E-state index contributed by atoms with van der Waals surface area (Å²) < 4.78 is 33.6. The van der Waals surface area contributed by atoms with Crippen LogP contribution in [0.2, 0.25) is 0 Å². The third kappa shape index (κ3) is 9.47. The number of nitrogens with zero attached hydrogens (tertiary/aromatic N) is 2. The van der Waals surface area contributed by atoms with Gasteiger partial charge in [0.1, 0.15) is 0 Å². The molecule has 0 heterocycles. The summed E-state index contributed by atoms with van der Waals surface area (Å²) in [5.41, 5.74) is -0.0947. The van der Waals surface area contributed by atoms with Crippen LogP contribution in [0.5, 0.6) is 23.0 Å². The first kappa shape index (κ1) is 37.3. The Hall–Kier alpha value is -5.11. The first-order chi connectivity index (χ1) is 22.4. The Morgan fingerprint density at radius 1 is 0.646 bits per heavy atom. The van der Waals surface area contributed by atoms with Crippen molar-refractivity contribution in [2.24, 2.45) is 0 Å². The predicted octanol–water partition coefficient (Wildman–Crippen LogP) is 3.24. The van der Waals surface area contributed by atoms with Crippen molar-refractivity contribution in [3.63, 3.8) is 0 Å². The van der Waals surface area contributed by atoms with Crippen LogP contribution in [0.3, 0.4) is 0 Å². The van der Waals surface area contributed by atoms with E-state index in [1.54, 1.807) is 0 Å². The number of allylic oxidation sites excluding steroid dienone is 2. The van der Waals surface area contributed by atoms with Crippen LogP contribution in [0, 0.1) is 20.2 Å². The molecule has 0 spiro atoms. The third-order valence-electron chi connectivity index (χ3n) is 6.38. The van der Waals surface area contributed by atoms with Crippen molar-refractivity contribution in [1.82, 2.24) is 0 Å². The van der Waals surface area contributed by atoms with Gasteiger partial charge in [-0.3, -0.25) is 29.8 Å². The van der Waals surface area contributed by atoms with E-state index in [0.717, 1.165) is 12.2 Å². The quantitative estimate of drug-likeness (QED) is 0.0471. The summed E-state index contributed by atoms with van der Waals surface area (Å²) in [4.78, 5) is 59.1. The molecule has 0 radical (unpaired) electrons. The number of nitro groups is 2. The van der Waals surface area contributed by atoms with Crippen molar-refractivity contribution < 1.29 is 77.0 Å². The fraction of sp³-hybridized carbons (Fsp3) is 0.0625. The largest absolute Gasteiger partial charge is 1.00 e. The third-order valence-corrected chi connectivity index (χ3v) is 7.22. The van der Waals surface area contributed by atoms with E-state index in [4.69, 9.17) is 18.5 Å². The minimum Gasteiger partial charge on any atom is -0.736 e. The number of carbonyl (C=O) groups is 2. The van der Waals surface area contributed by atoms with Crippen molar-refractivity contribution in [3.05, 3.63) is 140 Å². The van der Waals surface area contributed by atoms with Gasteiger partial charge >= 0.3 is 37.4 Å². The molecular formula is C32H24N2NaO12P. The Bertz CT molecular complexity index is 1840. The summed E-state index contributed by atoms with van der Waals surface area (Å²) in [5.74, 6) is -1.76. The number of hydrogen-bond donors (Lipinski definition) is 0. The van der Waals surface area contributed by atoms with Gasteiger partial charge in [0.15, 0.2) is 34.6 Å².